The molecule has 20 heavy (non-hydrogen) atoms. The van der Waals surface area contributed by atoms with Gasteiger partial charge in [-0.15, -0.1) is 11.8 Å². The van der Waals surface area contributed by atoms with Crippen molar-refractivity contribution < 1.29 is 0 Å². The predicted octanol–water partition coefficient (Wildman–Crippen LogP) is 3.91. The third-order valence-electron chi connectivity index (χ3n) is 3.63. The Morgan fingerprint density at radius 1 is 1.00 bits per heavy atom. The van der Waals surface area contributed by atoms with Crippen molar-refractivity contribution in [3.05, 3.63) is 64.7 Å². The molecule has 0 spiro atoms. The number of aryl methyl sites for hydroxylation is 3. The lowest BCUT2D eigenvalue weighted by Gasteiger charge is -2.17. The minimum atomic E-state index is 0.166. The van der Waals surface area contributed by atoms with Crippen LogP contribution >= 0.6 is 11.8 Å². The number of thioether (sulfide) groups is 1. The van der Waals surface area contributed by atoms with Crippen molar-refractivity contribution in [3.8, 4) is 0 Å². The summed E-state index contributed by atoms with van der Waals surface area (Å²) >= 11 is 1.84. The maximum Gasteiger partial charge on any atom is 0.0554 e. The summed E-state index contributed by atoms with van der Waals surface area (Å²) in [6.45, 7) is 6.41. The van der Waals surface area contributed by atoms with Gasteiger partial charge in [0.25, 0.3) is 0 Å². The maximum atomic E-state index is 5.73. The molecule has 1 atom stereocenters. The minimum absolute atomic E-state index is 0.166. The van der Waals surface area contributed by atoms with Crippen molar-refractivity contribution in [1.29, 1.82) is 0 Å². The minimum Gasteiger partial charge on any atom is -0.271 e. The zero-order valence-corrected chi connectivity index (χ0v) is 13.1. The predicted molar refractivity (Wildman–Crippen MR) is 87.9 cm³/mol. The average Bonchev–Trinajstić information content (AvgIpc) is 2.45. The van der Waals surface area contributed by atoms with E-state index in [4.69, 9.17) is 5.84 Å². The van der Waals surface area contributed by atoms with Crippen molar-refractivity contribution >= 4 is 11.8 Å². The highest BCUT2D eigenvalue weighted by molar-refractivity contribution is 7.99. The van der Waals surface area contributed by atoms with Gasteiger partial charge < -0.3 is 0 Å². The van der Waals surface area contributed by atoms with Crippen molar-refractivity contribution in [2.45, 2.75) is 31.7 Å². The lowest BCUT2D eigenvalue weighted by molar-refractivity contribution is 0.610. The normalized spacial score (nSPS) is 12.4. The Hall–Kier alpha value is -1.29. The van der Waals surface area contributed by atoms with Crippen LogP contribution in [0.4, 0.5) is 0 Å². The van der Waals surface area contributed by atoms with Gasteiger partial charge in [-0.1, -0.05) is 36.4 Å². The molecule has 0 amide bonds. The van der Waals surface area contributed by atoms with Crippen LogP contribution in [-0.4, -0.2) is 5.75 Å². The highest BCUT2D eigenvalue weighted by atomic mass is 32.2. The summed E-state index contributed by atoms with van der Waals surface area (Å²) < 4.78 is 0. The average molecular weight is 286 g/mol. The van der Waals surface area contributed by atoms with E-state index in [1.165, 1.54) is 27.1 Å². The first-order chi connectivity index (χ1) is 9.61. The standard InChI is InChI=1S/C17H22N2S/c1-12-8-9-15(10-14(12)3)16(19-18)11-20-17-7-5-4-6-13(17)2/h4-10,16,19H,11,18H2,1-3H3. The Balaban J connectivity index is 2.09. The van der Waals surface area contributed by atoms with E-state index < -0.39 is 0 Å². The molecule has 3 N–H and O–H groups in total. The molecule has 0 aliphatic carbocycles. The summed E-state index contributed by atoms with van der Waals surface area (Å²) in [5.74, 6) is 6.65. The molecule has 2 aromatic rings. The fourth-order valence-corrected chi connectivity index (χ4v) is 3.22. The van der Waals surface area contributed by atoms with E-state index in [0.29, 0.717) is 0 Å². The van der Waals surface area contributed by atoms with Gasteiger partial charge in [-0.2, -0.15) is 0 Å². The van der Waals surface area contributed by atoms with E-state index in [1.54, 1.807) is 0 Å². The van der Waals surface area contributed by atoms with E-state index in [1.807, 2.05) is 11.8 Å². The third kappa shape index (κ3) is 3.63. The number of nitrogens with one attached hydrogen (secondary N) is 1. The van der Waals surface area contributed by atoms with Crippen LogP contribution in [0.5, 0.6) is 0 Å². The molecule has 0 heterocycles. The summed E-state index contributed by atoms with van der Waals surface area (Å²) in [5, 5.41) is 0. The molecule has 0 aliphatic heterocycles. The number of hydrogen-bond donors (Lipinski definition) is 2. The third-order valence-corrected chi connectivity index (χ3v) is 4.90. The van der Waals surface area contributed by atoms with E-state index in [9.17, 15) is 0 Å². The lowest BCUT2D eigenvalue weighted by Crippen LogP contribution is -2.29. The van der Waals surface area contributed by atoms with Crippen LogP contribution in [0.25, 0.3) is 0 Å². The summed E-state index contributed by atoms with van der Waals surface area (Å²) in [4.78, 5) is 1.32. The van der Waals surface area contributed by atoms with Gasteiger partial charge in [0, 0.05) is 10.6 Å². The second-order valence-electron chi connectivity index (χ2n) is 5.14. The monoisotopic (exact) mass is 286 g/mol. The lowest BCUT2D eigenvalue weighted by atomic mass is 10.0. The number of hydrazine groups is 1. The van der Waals surface area contributed by atoms with Crippen LogP contribution in [0, 0.1) is 20.8 Å². The summed E-state index contributed by atoms with van der Waals surface area (Å²) in [6, 6.07) is 15.2. The van der Waals surface area contributed by atoms with Crippen LogP contribution < -0.4 is 11.3 Å². The highest BCUT2D eigenvalue weighted by Gasteiger charge is 2.11. The molecule has 0 bridgehead atoms. The molecular formula is C17H22N2S. The molecule has 2 aromatic carbocycles. The Morgan fingerprint density at radius 2 is 1.75 bits per heavy atom. The van der Waals surface area contributed by atoms with E-state index in [0.717, 1.165) is 5.75 Å². The van der Waals surface area contributed by atoms with Crippen molar-refractivity contribution in [3.63, 3.8) is 0 Å². The molecule has 0 aromatic heterocycles. The molecule has 0 aliphatic rings. The summed E-state index contributed by atoms with van der Waals surface area (Å²) in [6.07, 6.45) is 0. The first-order valence-corrected chi connectivity index (χ1v) is 7.82. The number of nitrogens with two attached hydrogens (primary N) is 1. The first-order valence-electron chi connectivity index (χ1n) is 6.83. The van der Waals surface area contributed by atoms with Gasteiger partial charge in [-0.05, 0) is 49.1 Å². The summed E-state index contributed by atoms with van der Waals surface area (Å²) in [5.41, 5.74) is 8.12. The van der Waals surface area contributed by atoms with Crippen molar-refractivity contribution in [2.24, 2.45) is 5.84 Å². The first kappa shape index (κ1) is 15.1. The van der Waals surface area contributed by atoms with Gasteiger partial charge >= 0.3 is 0 Å². The second-order valence-corrected chi connectivity index (χ2v) is 6.20. The largest absolute Gasteiger partial charge is 0.271 e. The van der Waals surface area contributed by atoms with Gasteiger partial charge in [-0.3, -0.25) is 11.3 Å². The Bertz CT molecular complexity index is 581. The number of hydrogen-bond acceptors (Lipinski definition) is 3. The van der Waals surface area contributed by atoms with Crippen molar-refractivity contribution in [2.75, 3.05) is 5.75 Å². The van der Waals surface area contributed by atoms with E-state index >= 15 is 0 Å². The van der Waals surface area contributed by atoms with E-state index in [-0.39, 0.29) is 6.04 Å². The van der Waals surface area contributed by atoms with Gasteiger partial charge in [0.05, 0.1) is 6.04 Å². The zero-order valence-electron chi connectivity index (χ0n) is 12.3. The molecule has 0 radical (unpaired) electrons. The van der Waals surface area contributed by atoms with Crippen LogP contribution in [0.3, 0.4) is 0 Å². The summed E-state index contributed by atoms with van der Waals surface area (Å²) in [7, 11) is 0. The molecular weight excluding hydrogens is 264 g/mol. The second kappa shape index (κ2) is 6.93. The maximum absolute atomic E-state index is 5.73. The molecule has 1 unspecified atom stereocenters. The fraction of sp³-hybridized carbons (Fsp3) is 0.294. The number of rotatable bonds is 5. The van der Waals surface area contributed by atoms with Gasteiger partial charge in [0.2, 0.25) is 0 Å². The Labute approximate surface area is 125 Å². The van der Waals surface area contributed by atoms with Crippen LogP contribution in [0.2, 0.25) is 0 Å². The Kier molecular flexibility index (Phi) is 5.24. The molecule has 0 saturated carbocycles. The van der Waals surface area contributed by atoms with Gasteiger partial charge in [0.1, 0.15) is 0 Å². The SMILES string of the molecule is Cc1ccc(C(CSc2ccccc2C)NN)cc1C. The fourth-order valence-electron chi connectivity index (χ4n) is 2.11. The molecule has 106 valence electrons. The van der Waals surface area contributed by atoms with Crippen LogP contribution in [-0.2, 0) is 0 Å². The highest BCUT2D eigenvalue weighted by Crippen LogP contribution is 2.27. The zero-order chi connectivity index (χ0) is 14.5. The molecule has 2 nitrogen and oxygen atoms in total. The topological polar surface area (TPSA) is 38.0 Å². The Morgan fingerprint density at radius 3 is 2.40 bits per heavy atom. The smallest absolute Gasteiger partial charge is 0.0554 e. The molecule has 3 heteroatoms. The molecule has 0 fully saturated rings. The molecule has 0 saturated heterocycles. The number of benzene rings is 2. The van der Waals surface area contributed by atoms with E-state index in [2.05, 4.69) is 68.7 Å². The van der Waals surface area contributed by atoms with Crippen molar-refractivity contribution in [1.82, 2.24) is 5.43 Å². The van der Waals surface area contributed by atoms with Gasteiger partial charge in [-0.25, -0.2) is 0 Å². The quantitative estimate of drug-likeness (QED) is 0.497. The van der Waals surface area contributed by atoms with Gasteiger partial charge in [0.15, 0.2) is 0 Å². The van der Waals surface area contributed by atoms with Crippen LogP contribution in [0.15, 0.2) is 47.4 Å². The molecule has 2 rings (SSSR count). The van der Waals surface area contributed by atoms with Crippen LogP contribution in [0.1, 0.15) is 28.3 Å².